The average molecular weight is 428 g/mol. The third-order valence-corrected chi connectivity index (χ3v) is 5.61. The van der Waals surface area contributed by atoms with Crippen molar-refractivity contribution in [3.8, 4) is 6.07 Å². The van der Waals surface area contributed by atoms with Gasteiger partial charge in [0.2, 0.25) is 0 Å². The molecular weight excluding hydrogens is 408 g/mol. The Morgan fingerprint density at radius 3 is 2.93 bits per heavy atom. The zero-order valence-electron chi connectivity index (χ0n) is 16.3. The van der Waals surface area contributed by atoms with E-state index in [1.807, 2.05) is 11.0 Å². The summed E-state index contributed by atoms with van der Waals surface area (Å²) < 4.78 is 4.98. The van der Waals surface area contributed by atoms with E-state index < -0.39 is 23.4 Å². The number of benzene rings is 1. The molecule has 1 unspecified atom stereocenters. The maximum Gasteiger partial charge on any atom is 0.338 e. The molecule has 1 amide bonds. The number of hydrogen-bond acceptors (Lipinski definition) is 8. The Bertz CT molecular complexity index is 1010. The van der Waals surface area contributed by atoms with Gasteiger partial charge in [-0.1, -0.05) is 6.92 Å². The van der Waals surface area contributed by atoms with E-state index in [1.54, 1.807) is 17.5 Å². The Balaban J connectivity index is 1.67. The molecular formula is C20H20N4O5S. The number of thiophene rings is 1. The van der Waals surface area contributed by atoms with Crippen LogP contribution in [0.15, 0.2) is 29.6 Å². The number of nitro benzene ring substituents is 1. The Kier molecular flexibility index (Phi) is 6.64. The number of nitro groups is 1. The van der Waals surface area contributed by atoms with Gasteiger partial charge < -0.3 is 15.0 Å². The zero-order valence-corrected chi connectivity index (χ0v) is 17.1. The molecule has 30 heavy (non-hydrogen) atoms. The monoisotopic (exact) mass is 428 g/mol. The van der Waals surface area contributed by atoms with Gasteiger partial charge in [0, 0.05) is 19.2 Å². The number of hydrogen-bond donors (Lipinski definition) is 1. The van der Waals surface area contributed by atoms with Gasteiger partial charge in [-0.05, 0) is 42.3 Å². The van der Waals surface area contributed by atoms with Crippen LogP contribution in [0.3, 0.4) is 0 Å². The molecule has 3 rings (SSSR count). The molecule has 0 radical (unpaired) electrons. The molecule has 10 heteroatoms. The molecule has 2 aromatic rings. The summed E-state index contributed by atoms with van der Waals surface area (Å²) in [5, 5.41) is 25.0. The number of piperidine rings is 1. The summed E-state index contributed by atoms with van der Waals surface area (Å²) in [7, 11) is 0. The van der Waals surface area contributed by atoms with Crippen molar-refractivity contribution in [1.29, 1.82) is 5.26 Å². The molecule has 0 spiro atoms. The topological polar surface area (TPSA) is 126 Å². The Morgan fingerprint density at radius 2 is 2.23 bits per heavy atom. The van der Waals surface area contributed by atoms with Gasteiger partial charge in [-0.25, -0.2) is 4.79 Å². The van der Waals surface area contributed by atoms with Crippen molar-refractivity contribution in [3.05, 3.63) is 50.9 Å². The fraction of sp³-hybridized carbons (Fsp3) is 0.350. The lowest BCUT2D eigenvalue weighted by Gasteiger charge is -2.32. The second kappa shape index (κ2) is 9.37. The minimum atomic E-state index is -0.835. The van der Waals surface area contributed by atoms with Gasteiger partial charge in [-0.2, -0.15) is 5.26 Å². The number of nitrogens with one attached hydrogen (secondary N) is 1. The van der Waals surface area contributed by atoms with Crippen molar-refractivity contribution >= 4 is 39.6 Å². The number of nitrogens with zero attached hydrogens (tertiary/aromatic N) is 3. The highest BCUT2D eigenvalue weighted by atomic mass is 32.1. The number of esters is 1. The molecule has 1 saturated heterocycles. The van der Waals surface area contributed by atoms with Gasteiger partial charge in [-0.3, -0.25) is 14.9 Å². The SMILES string of the molecule is CC1CCCN(c2ccc(C(=O)OCC(=O)Nc3sccc3C#N)cc2[N+](=O)[O-])C1. The lowest BCUT2D eigenvalue weighted by molar-refractivity contribution is -0.384. The number of ether oxygens (including phenoxy) is 1. The van der Waals surface area contributed by atoms with E-state index in [4.69, 9.17) is 10.00 Å². The first-order chi connectivity index (χ1) is 14.4. The molecule has 1 aliphatic rings. The summed E-state index contributed by atoms with van der Waals surface area (Å²) in [6.07, 6.45) is 2.03. The van der Waals surface area contributed by atoms with Crippen molar-refractivity contribution in [3.63, 3.8) is 0 Å². The molecule has 2 heterocycles. The molecule has 0 aliphatic carbocycles. The summed E-state index contributed by atoms with van der Waals surface area (Å²) in [4.78, 5) is 37.3. The fourth-order valence-electron chi connectivity index (χ4n) is 3.34. The fourth-order valence-corrected chi connectivity index (χ4v) is 4.10. The smallest absolute Gasteiger partial charge is 0.338 e. The maximum absolute atomic E-state index is 12.3. The minimum absolute atomic E-state index is 0.00264. The lowest BCUT2D eigenvalue weighted by Crippen LogP contribution is -2.34. The van der Waals surface area contributed by atoms with Crippen LogP contribution in [0.5, 0.6) is 0 Å². The van der Waals surface area contributed by atoms with Crippen LogP contribution < -0.4 is 10.2 Å². The van der Waals surface area contributed by atoms with Crippen LogP contribution in [0.2, 0.25) is 0 Å². The van der Waals surface area contributed by atoms with Crippen LogP contribution in [0.1, 0.15) is 35.7 Å². The van der Waals surface area contributed by atoms with Crippen molar-refractivity contribution in [2.45, 2.75) is 19.8 Å². The van der Waals surface area contributed by atoms with Gasteiger partial charge in [-0.15, -0.1) is 11.3 Å². The van der Waals surface area contributed by atoms with E-state index in [0.29, 0.717) is 22.2 Å². The molecule has 1 atom stereocenters. The number of rotatable bonds is 6. The Labute approximate surface area is 177 Å². The van der Waals surface area contributed by atoms with Gasteiger partial charge in [0.15, 0.2) is 6.61 Å². The van der Waals surface area contributed by atoms with Gasteiger partial charge in [0.25, 0.3) is 11.6 Å². The molecule has 9 nitrogen and oxygen atoms in total. The van der Waals surface area contributed by atoms with Crippen LogP contribution in [-0.4, -0.2) is 36.5 Å². The number of nitriles is 1. The van der Waals surface area contributed by atoms with Crippen LogP contribution in [-0.2, 0) is 9.53 Å². The highest BCUT2D eigenvalue weighted by Gasteiger charge is 2.25. The lowest BCUT2D eigenvalue weighted by atomic mass is 9.99. The molecule has 156 valence electrons. The first-order valence-electron chi connectivity index (χ1n) is 9.37. The number of amides is 1. The number of carbonyl (C=O) groups is 2. The van der Waals surface area contributed by atoms with Crippen LogP contribution in [0.4, 0.5) is 16.4 Å². The van der Waals surface area contributed by atoms with E-state index in [-0.39, 0.29) is 11.3 Å². The largest absolute Gasteiger partial charge is 0.452 e. The second-order valence-electron chi connectivity index (χ2n) is 7.05. The molecule has 1 aliphatic heterocycles. The predicted octanol–water partition coefficient (Wildman–Crippen LogP) is 3.56. The van der Waals surface area contributed by atoms with E-state index in [1.165, 1.54) is 23.5 Å². The predicted molar refractivity (Wildman–Crippen MR) is 112 cm³/mol. The third-order valence-electron chi connectivity index (χ3n) is 4.78. The summed E-state index contributed by atoms with van der Waals surface area (Å²) in [5.41, 5.74) is 0.623. The van der Waals surface area contributed by atoms with Crippen LogP contribution >= 0.6 is 11.3 Å². The Hall–Kier alpha value is -3.45. The van der Waals surface area contributed by atoms with Crippen molar-refractivity contribution in [2.75, 3.05) is 29.9 Å². The quantitative estimate of drug-likeness (QED) is 0.423. The van der Waals surface area contributed by atoms with E-state index in [2.05, 4.69) is 12.2 Å². The van der Waals surface area contributed by atoms with E-state index in [9.17, 15) is 19.7 Å². The zero-order chi connectivity index (χ0) is 21.7. The number of anilines is 2. The van der Waals surface area contributed by atoms with Crippen molar-refractivity contribution < 1.29 is 19.2 Å². The van der Waals surface area contributed by atoms with Crippen LogP contribution in [0, 0.1) is 27.4 Å². The minimum Gasteiger partial charge on any atom is -0.452 e. The van der Waals surface area contributed by atoms with Crippen molar-refractivity contribution in [1.82, 2.24) is 0 Å². The highest BCUT2D eigenvalue weighted by molar-refractivity contribution is 7.14. The summed E-state index contributed by atoms with van der Waals surface area (Å²) in [6.45, 7) is 2.98. The number of carbonyl (C=O) groups excluding carboxylic acids is 2. The standard InChI is InChI=1S/C20H20N4O5S/c1-13-3-2-7-23(11-13)16-5-4-14(9-17(16)24(27)28)20(26)29-12-18(25)22-19-15(10-21)6-8-30-19/h4-6,8-9,13H,2-3,7,11-12H2,1H3,(H,22,25). The molecule has 1 N–H and O–H groups in total. The maximum atomic E-state index is 12.3. The highest BCUT2D eigenvalue weighted by Crippen LogP contribution is 2.32. The molecule has 1 fully saturated rings. The van der Waals surface area contributed by atoms with Gasteiger partial charge in [0.1, 0.15) is 16.8 Å². The first-order valence-corrected chi connectivity index (χ1v) is 10.2. The van der Waals surface area contributed by atoms with Crippen molar-refractivity contribution in [2.24, 2.45) is 5.92 Å². The average Bonchev–Trinajstić information content (AvgIpc) is 3.18. The van der Waals surface area contributed by atoms with Crippen LogP contribution in [0.25, 0.3) is 0 Å². The summed E-state index contributed by atoms with van der Waals surface area (Å²) in [6, 6.07) is 7.71. The van der Waals surface area contributed by atoms with E-state index in [0.717, 1.165) is 25.9 Å². The third kappa shape index (κ3) is 4.93. The molecule has 1 aromatic carbocycles. The molecule has 1 aromatic heterocycles. The van der Waals surface area contributed by atoms with Gasteiger partial charge >= 0.3 is 5.97 Å². The normalized spacial score (nSPS) is 15.9. The Morgan fingerprint density at radius 1 is 1.43 bits per heavy atom. The van der Waals surface area contributed by atoms with E-state index >= 15 is 0 Å². The van der Waals surface area contributed by atoms with Gasteiger partial charge in [0.05, 0.1) is 16.1 Å². The summed E-state index contributed by atoms with van der Waals surface area (Å²) >= 11 is 1.18. The summed E-state index contributed by atoms with van der Waals surface area (Å²) in [5.74, 6) is -0.999. The molecule has 0 bridgehead atoms. The first kappa shape index (κ1) is 21.3. The second-order valence-corrected chi connectivity index (χ2v) is 7.97. The molecule has 0 saturated carbocycles.